The molecule has 1 N–H and O–H groups in total. The molecule has 2 aromatic heterocycles. The monoisotopic (exact) mass is 187 g/mol. The van der Waals surface area contributed by atoms with Crippen LogP contribution < -0.4 is 5.32 Å². The van der Waals surface area contributed by atoms with Crippen LogP contribution in [0.25, 0.3) is 11.3 Å². The lowest BCUT2D eigenvalue weighted by Crippen LogP contribution is -1.92. The van der Waals surface area contributed by atoms with Gasteiger partial charge < -0.3 is 9.84 Å². The van der Waals surface area contributed by atoms with E-state index in [1.165, 1.54) is 5.56 Å². The van der Waals surface area contributed by atoms with Crippen LogP contribution in [0.2, 0.25) is 0 Å². The molecule has 0 aliphatic carbocycles. The zero-order chi connectivity index (χ0) is 9.38. The number of hydrogen-bond acceptors (Lipinski definition) is 4. The van der Waals surface area contributed by atoms with Crippen molar-refractivity contribution < 1.29 is 4.52 Å². The number of fused-ring (bicyclic) bond motifs is 1. The summed E-state index contributed by atoms with van der Waals surface area (Å²) in [5.74, 6) is 0.816. The maximum atomic E-state index is 5.18. The van der Waals surface area contributed by atoms with E-state index in [1.807, 2.05) is 12.1 Å². The van der Waals surface area contributed by atoms with Gasteiger partial charge in [0.1, 0.15) is 5.69 Å². The molecule has 0 unspecified atom stereocenters. The van der Waals surface area contributed by atoms with Gasteiger partial charge in [-0.25, -0.2) is 0 Å². The predicted molar refractivity (Wildman–Crippen MR) is 51.9 cm³/mol. The van der Waals surface area contributed by atoms with E-state index in [2.05, 4.69) is 15.5 Å². The van der Waals surface area contributed by atoms with Crippen LogP contribution in [0.4, 0.5) is 5.88 Å². The van der Waals surface area contributed by atoms with Crippen molar-refractivity contribution in [1.82, 2.24) is 10.1 Å². The highest BCUT2D eigenvalue weighted by Crippen LogP contribution is 2.31. The maximum absolute atomic E-state index is 5.18. The molecule has 0 atom stereocenters. The topological polar surface area (TPSA) is 51.0 Å². The molecule has 0 bridgehead atoms. The van der Waals surface area contributed by atoms with E-state index in [0.717, 1.165) is 30.1 Å². The van der Waals surface area contributed by atoms with Crippen LogP contribution in [0.15, 0.2) is 29.0 Å². The second-order valence-electron chi connectivity index (χ2n) is 3.25. The van der Waals surface area contributed by atoms with Gasteiger partial charge in [0.25, 0.3) is 0 Å². The molecule has 3 heterocycles. The van der Waals surface area contributed by atoms with Crippen molar-refractivity contribution in [2.75, 3.05) is 11.9 Å². The molecule has 70 valence electrons. The Morgan fingerprint density at radius 2 is 2.14 bits per heavy atom. The summed E-state index contributed by atoms with van der Waals surface area (Å²) in [6.45, 7) is 0.939. The zero-order valence-corrected chi connectivity index (χ0v) is 7.53. The van der Waals surface area contributed by atoms with Crippen molar-refractivity contribution in [2.45, 2.75) is 6.42 Å². The van der Waals surface area contributed by atoms with Crippen molar-refractivity contribution in [2.24, 2.45) is 0 Å². The van der Waals surface area contributed by atoms with E-state index in [0.29, 0.717) is 0 Å². The Kier molecular flexibility index (Phi) is 1.53. The zero-order valence-electron chi connectivity index (χ0n) is 7.53. The van der Waals surface area contributed by atoms with Crippen LogP contribution >= 0.6 is 0 Å². The molecule has 14 heavy (non-hydrogen) atoms. The van der Waals surface area contributed by atoms with Crippen LogP contribution in [0.1, 0.15) is 5.56 Å². The van der Waals surface area contributed by atoms with Crippen LogP contribution in [-0.4, -0.2) is 16.7 Å². The summed E-state index contributed by atoms with van der Waals surface area (Å²) in [5, 5.41) is 7.19. The van der Waals surface area contributed by atoms with E-state index in [-0.39, 0.29) is 0 Å². The van der Waals surface area contributed by atoms with Crippen molar-refractivity contribution in [3.63, 3.8) is 0 Å². The van der Waals surface area contributed by atoms with Gasteiger partial charge in [0.2, 0.25) is 5.88 Å². The van der Waals surface area contributed by atoms with Gasteiger partial charge in [-0.3, -0.25) is 4.98 Å². The highest BCUT2D eigenvalue weighted by Gasteiger charge is 2.21. The Bertz CT molecular complexity index is 450. The molecule has 4 nitrogen and oxygen atoms in total. The molecule has 3 rings (SSSR count). The van der Waals surface area contributed by atoms with Crippen molar-refractivity contribution in [1.29, 1.82) is 0 Å². The van der Waals surface area contributed by atoms with Gasteiger partial charge in [-0.15, -0.1) is 0 Å². The van der Waals surface area contributed by atoms with E-state index < -0.39 is 0 Å². The summed E-state index contributed by atoms with van der Waals surface area (Å²) >= 11 is 0. The number of anilines is 1. The van der Waals surface area contributed by atoms with Gasteiger partial charge in [0, 0.05) is 30.1 Å². The Balaban J connectivity index is 2.13. The Hall–Kier alpha value is -1.84. The lowest BCUT2D eigenvalue weighted by Gasteiger charge is -1.95. The number of nitrogens with one attached hydrogen (secondary N) is 1. The first-order chi connectivity index (χ1) is 6.95. The van der Waals surface area contributed by atoms with Crippen molar-refractivity contribution in [3.05, 3.63) is 30.1 Å². The second-order valence-corrected chi connectivity index (χ2v) is 3.25. The van der Waals surface area contributed by atoms with Gasteiger partial charge in [0.15, 0.2) is 0 Å². The summed E-state index contributed by atoms with van der Waals surface area (Å²) in [7, 11) is 0. The normalized spacial score (nSPS) is 13.7. The molecule has 0 aromatic carbocycles. The first-order valence-corrected chi connectivity index (χ1v) is 4.58. The third-order valence-electron chi connectivity index (χ3n) is 2.40. The summed E-state index contributed by atoms with van der Waals surface area (Å²) in [6.07, 6.45) is 4.51. The Labute approximate surface area is 80.9 Å². The van der Waals surface area contributed by atoms with Crippen molar-refractivity contribution in [3.8, 4) is 11.3 Å². The summed E-state index contributed by atoms with van der Waals surface area (Å²) < 4.78 is 5.18. The van der Waals surface area contributed by atoms with Gasteiger partial charge in [-0.2, -0.15) is 0 Å². The minimum Gasteiger partial charge on any atom is -0.353 e. The quantitative estimate of drug-likeness (QED) is 0.738. The van der Waals surface area contributed by atoms with Crippen LogP contribution in [-0.2, 0) is 6.42 Å². The summed E-state index contributed by atoms with van der Waals surface area (Å²) in [6, 6.07) is 3.88. The predicted octanol–water partition coefficient (Wildman–Crippen LogP) is 1.70. The standard InChI is InChI=1S/C10H9N3O/c1-4-11-5-2-7(1)9-8-3-6-12-10(8)14-13-9/h1-2,4-5,12H,3,6H2. The number of nitrogens with zero attached hydrogens (tertiary/aromatic N) is 2. The lowest BCUT2D eigenvalue weighted by atomic mass is 10.1. The van der Waals surface area contributed by atoms with E-state index >= 15 is 0 Å². The van der Waals surface area contributed by atoms with E-state index in [1.54, 1.807) is 12.4 Å². The lowest BCUT2D eigenvalue weighted by molar-refractivity contribution is 0.436. The minimum atomic E-state index is 0.816. The molecule has 0 saturated heterocycles. The maximum Gasteiger partial charge on any atom is 0.228 e. The Morgan fingerprint density at radius 3 is 3.00 bits per heavy atom. The molecule has 0 saturated carbocycles. The molecule has 0 amide bonds. The highest BCUT2D eigenvalue weighted by molar-refractivity contribution is 5.68. The highest BCUT2D eigenvalue weighted by atomic mass is 16.5. The van der Waals surface area contributed by atoms with Gasteiger partial charge in [-0.05, 0) is 18.6 Å². The molecule has 0 radical (unpaired) electrons. The first kappa shape index (κ1) is 7.55. The minimum absolute atomic E-state index is 0.816. The Morgan fingerprint density at radius 1 is 1.29 bits per heavy atom. The van der Waals surface area contributed by atoms with Crippen molar-refractivity contribution >= 4 is 5.88 Å². The van der Waals surface area contributed by atoms with E-state index in [9.17, 15) is 0 Å². The van der Waals surface area contributed by atoms with Crippen LogP contribution in [0.3, 0.4) is 0 Å². The third-order valence-corrected chi connectivity index (χ3v) is 2.40. The largest absolute Gasteiger partial charge is 0.353 e. The average molecular weight is 187 g/mol. The smallest absolute Gasteiger partial charge is 0.228 e. The fourth-order valence-corrected chi connectivity index (χ4v) is 1.72. The number of hydrogen-bond donors (Lipinski definition) is 1. The summed E-state index contributed by atoms with van der Waals surface area (Å²) in [4.78, 5) is 3.97. The number of aromatic nitrogens is 2. The molecule has 1 aliphatic rings. The number of rotatable bonds is 1. The fourth-order valence-electron chi connectivity index (χ4n) is 1.72. The first-order valence-electron chi connectivity index (χ1n) is 4.58. The molecule has 0 fully saturated rings. The van der Waals surface area contributed by atoms with Gasteiger partial charge in [0.05, 0.1) is 0 Å². The van der Waals surface area contributed by atoms with Crippen LogP contribution in [0, 0.1) is 0 Å². The molecule has 0 spiro atoms. The van der Waals surface area contributed by atoms with Crippen LogP contribution in [0.5, 0.6) is 0 Å². The molecule has 1 aliphatic heterocycles. The average Bonchev–Trinajstić information content (AvgIpc) is 2.79. The van der Waals surface area contributed by atoms with Gasteiger partial charge in [-0.1, -0.05) is 5.16 Å². The fraction of sp³-hybridized carbons (Fsp3) is 0.200. The molecule has 4 heteroatoms. The molecular weight excluding hydrogens is 178 g/mol. The van der Waals surface area contributed by atoms with E-state index in [4.69, 9.17) is 4.52 Å². The van der Waals surface area contributed by atoms with Gasteiger partial charge >= 0.3 is 0 Å². The third kappa shape index (κ3) is 1.00. The SMILES string of the molecule is c1cc(-c2noc3c2CCN3)ccn1. The number of pyridine rings is 1. The summed E-state index contributed by atoms with van der Waals surface area (Å²) in [5.41, 5.74) is 3.18. The second kappa shape index (κ2) is 2.83. The molecule has 2 aromatic rings. The molecular formula is C10H9N3O.